The van der Waals surface area contributed by atoms with Crippen LogP contribution >= 0.6 is 23.1 Å². The zero-order valence-electron chi connectivity index (χ0n) is 9.74. The van der Waals surface area contributed by atoms with E-state index < -0.39 is 0 Å². The van der Waals surface area contributed by atoms with Gasteiger partial charge in [0.05, 0.1) is 6.04 Å². The summed E-state index contributed by atoms with van der Waals surface area (Å²) in [4.78, 5) is 1.36. The Hall–Kier alpha value is -0.0300. The highest BCUT2D eigenvalue weighted by Crippen LogP contribution is 2.32. The average Bonchev–Trinajstić information content (AvgIpc) is 2.91. The number of rotatable bonds is 5. The number of aryl methyl sites for hydroxylation is 1. The van der Waals surface area contributed by atoms with Crippen molar-refractivity contribution in [3.05, 3.63) is 21.9 Å². The highest BCUT2D eigenvalue weighted by molar-refractivity contribution is 7.99. The van der Waals surface area contributed by atoms with Crippen molar-refractivity contribution >= 4 is 23.1 Å². The Bertz CT molecular complexity index is 319. The van der Waals surface area contributed by atoms with Gasteiger partial charge in [-0.2, -0.15) is 11.8 Å². The third-order valence-corrected chi connectivity index (χ3v) is 5.50. The molecule has 1 aromatic heterocycles. The molecule has 1 aromatic rings. The monoisotopic (exact) mass is 256 g/mol. The lowest BCUT2D eigenvalue weighted by Crippen LogP contribution is -2.29. The summed E-state index contributed by atoms with van der Waals surface area (Å²) in [5.74, 6) is 6.73. The summed E-state index contributed by atoms with van der Waals surface area (Å²) in [5, 5.41) is 3.09. The second-order valence-corrected chi connectivity index (χ2v) is 6.90. The van der Waals surface area contributed by atoms with Crippen LogP contribution < -0.4 is 11.3 Å². The van der Waals surface area contributed by atoms with Gasteiger partial charge in [-0.25, -0.2) is 0 Å². The lowest BCUT2D eigenvalue weighted by Gasteiger charge is -2.16. The van der Waals surface area contributed by atoms with Crippen molar-refractivity contribution in [2.75, 3.05) is 5.75 Å². The summed E-state index contributed by atoms with van der Waals surface area (Å²) in [7, 11) is 0. The van der Waals surface area contributed by atoms with Crippen LogP contribution in [0.25, 0.3) is 0 Å². The molecule has 3 N–H and O–H groups in total. The predicted molar refractivity (Wildman–Crippen MR) is 73.8 cm³/mol. The van der Waals surface area contributed by atoms with E-state index in [0.717, 1.165) is 11.0 Å². The minimum atomic E-state index is 0.315. The van der Waals surface area contributed by atoms with E-state index in [1.807, 2.05) is 0 Å². The van der Waals surface area contributed by atoms with E-state index in [2.05, 4.69) is 35.6 Å². The van der Waals surface area contributed by atoms with Crippen LogP contribution in [-0.2, 0) is 0 Å². The zero-order valence-corrected chi connectivity index (χ0v) is 11.4. The fourth-order valence-electron chi connectivity index (χ4n) is 2.17. The Morgan fingerprint density at radius 1 is 1.56 bits per heavy atom. The van der Waals surface area contributed by atoms with Crippen molar-refractivity contribution in [1.29, 1.82) is 0 Å². The van der Waals surface area contributed by atoms with Gasteiger partial charge in [-0.1, -0.05) is 12.8 Å². The molecule has 1 fully saturated rings. The molecule has 0 saturated heterocycles. The molecule has 2 rings (SSSR count). The van der Waals surface area contributed by atoms with Crippen LogP contribution in [-0.4, -0.2) is 11.0 Å². The molecule has 1 heterocycles. The molecule has 1 saturated carbocycles. The van der Waals surface area contributed by atoms with E-state index in [1.54, 1.807) is 11.3 Å². The molecule has 0 aromatic carbocycles. The Morgan fingerprint density at radius 3 is 2.88 bits per heavy atom. The van der Waals surface area contributed by atoms with Crippen LogP contribution in [0.15, 0.2) is 11.4 Å². The molecule has 1 unspecified atom stereocenters. The highest BCUT2D eigenvalue weighted by Gasteiger charge is 2.18. The minimum absolute atomic E-state index is 0.315. The minimum Gasteiger partial charge on any atom is -0.271 e. The second kappa shape index (κ2) is 6.05. The molecular formula is C12H20N2S2. The largest absolute Gasteiger partial charge is 0.271 e. The number of hydrogen-bond acceptors (Lipinski definition) is 4. The lowest BCUT2D eigenvalue weighted by molar-refractivity contribution is 0.611. The van der Waals surface area contributed by atoms with Crippen molar-refractivity contribution in [3.8, 4) is 0 Å². The number of hydrogen-bond donors (Lipinski definition) is 2. The van der Waals surface area contributed by atoms with E-state index in [-0.39, 0.29) is 0 Å². The van der Waals surface area contributed by atoms with Crippen LogP contribution in [0.2, 0.25) is 0 Å². The first kappa shape index (κ1) is 12.4. The normalized spacial score (nSPS) is 19.1. The number of thiophene rings is 1. The van der Waals surface area contributed by atoms with Gasteiger partial charge < -0.3 is 0 Å². The van der Waals surface area contributed by atoms with Crippen LogP contribution in [0.4, 0.5) is 0 Å². The number of hydrazine groups is 1. The molecule has 0 bridgehead atoms. The molecule has 1 atom stereocenters. The molecule has 16 heavy (non-hydrogen) atoms. The average molecular weight is 256 g/mol. The molecule has 1 aliphatic carbocycles. The quantitative estimate of drug-likeness (QED) is 0.627. The molecule has 2 nitrogen and oxygen atoms in total. The molecule has 1 aliphatic rings. The van der Waals surface area contributed by atoms with Gasteiger partial charge >= 0.3 is 0 Å². The molecule has 0 amide bonds. The molecule has 90 valence electrons. The molecule has 0 aliphatic heterocycles. The molecule has 4 heteroatoms. The first-order valence-corrected chi connectivity index (χ1v) is 7.85. The Morgan fingerprint density at radius 2 is 2.31 bits per heavy atom. The van der Waals surface area contributed by atoms with Crippen LogP contribution in [0.1, 0.15) is 42.2 Å². The maximum Gasteiger partial charge on any atom is 0.0558 e. The third-order valence-electron chi connectivity index (χ3n) is 3.16. The second-order valence-electron chi connectivity index (χ2n) is 4.45. The lowest BCUT2D eigenvalue weighted by atomic mass is 10.2. The Labute approximate surface area is 106 Å². The first-order valence-electron chi connectivity index (χ1n) is 5.92. The van der Waals surface area contributed by atoms with Gasteiger partial charge in [-0.15, -0.1) is 11.3 Å². The van der Waals surface area contributed by atoms with Gasteiger partial charge in [0, 0.05) is 15.9 Å². The summed E-state index contributed by atoms with van der Waals surface area (Å²) in [6.45, 7) is 2.14. The fourth-order valence-corrected chi connectivity index (χ4v) is 4.35. The molecular weight excluding hydrogens is 236 g/mol. The summed E-state index contributed by atoms with van der Waals surface area (Å²) >= 11 is 3.88. The topological polar surface area (TPSA) is 38.0 Å². The smallest absolute Gasteiger partial charge is 0.0558 e. The van der Waals surface area contributed by atoms with E-state index >= 15 is 0 Å². The standard InChI is InChI=1S/C12H20N2S2/c1-9-6-10(7-15-9)12(14-13)8-16-11-4-2-3-5-11/h6-7,11-12,14H,2-5,8,13H2,1H3. The number of nitrogens with two attached hydrogens (primary N) is 1. The molecule has 0 spiro atoms. The summed E-state index contributed by atoms with van der Waals surface area (Å²) in [6, 6.07) is 2.56. The van der Waals surface area contributed by atoms with Crippen molar-refractivity contribution in [2.45, 2.75) is 43.9 Å². The van der Waals surface area contributed by atoms with E-state index in [1.165, 1.54) is 36.1 Å². The predicted octanol–water partition coefficient (Wildman–Crippen LogP) is 3.24. The summed E-state index contributed by atoms with van der Waals surface area (Å²) < 4.78 is 0. The maximum atomic E-state index is 5.64. The van der Waals surface area contributed by atoms with Crippen LogP contribution in [0, 0.1) is 6.92 Å². The van der Waals surface area contributed by atoms with Gasteiger partial charge in [0.1, 0.15) is 0 Å². The number of nitrogens with one attached hydrogen (secondary N) is 1. The molecule has 0 radical (unpaired) electrons. The third kappa shape index (κ3) is 3.23. The van der Waals surface area contributed by atoms with Gasteiger partial charge in [0.15, 0.2) is 0 Å². The van der Waals surface area contributed by atoms with Crippen LogP contribution in [0.3, 0.4) is 0 Å². The van der Waals surface area contributed by atoms with Crippen molar-refractivity contribution in [1.82, 2.24) is 5.43 Å². The van der Waals surface area contributed by atoms with Gasteiger partial charge in [0.25, 0.3) is 0 Å². The van der Waals surface area contributed by atoms with E-state index in [4.69, 9.17) is 5.84 Å². The van der Waals surface area contributed by atoms with Crippen LogP contribution in [0.5, 0.6) is 0 Å². The van der Waals surface area contributed by atoms with E-state index in [9.17, 15) is 0 Å². The number of thioether (sulfide) groups is 1. The van der Waals surface area contributed by atoms with E-state index in [0.29, 0.717) is 6.04 Å². The van der Waals surface area contributed by atoms with Gasteiger partial charge in [0.2, 0.25) is 0 Å². The summed E-state index contributed by atoms with van der Waals surface area (Å²) in [6.07, 6.45) is 5.61. The highest BCUT2D eigenvalue weighted by atomic mass is 32.2. The van der Waals surface area contributed by atoms with Crippen molar-refractivity contribution in [2.24, 2.45) is 5.84 Å². The fraction of sp³-hybridized carbons (Fsp3) is 0.667. The Balaban J connectivity index is 1.85. The first-order chi connectivity index (χ1) is 7.79. The zero-order chi connectivity index (χ0) is 11.4. The van der Waals surface area contributed by atoms with Crippen molar-refractivity contribution in [3.63, 3.8) is 0 Å². The maximum absolute atomic E-state index is 5.64. The summed E-state index contributed by atoms with van der Waals surface area (Å²) in [5.41, 5.74) is 4.28. The van der Waals surface area contributed by atoms with Gasteiger partial charge in [-0.3, -0.25) is 11.3 Å². The van der Waals surface area contributed by atoms with Gasteiger partial charge in [-0.05, 0) is 36.8 Å². The SMILES string of the molecule is Cc1cc(C(CSC2CCCC2)NN)cs1. The Kier molecular flexibility index (Phi) is 4.70. The van der Waals surface area contributed by atoms with Crippen molar-refractivity contribution < 1.29 is 0 Å².